The summed E-state index contributed by atoms with van der Waals surface area (Å²) in [5, 5.41) is 17.8. The fourth-order valence-corrected chi connectivity index (χ4v) is 2.43. The summed E-state index contributed by atoms with van der Waals surface area (Å²) in [6.45, 7) is 5.00. The van der Waals surface area contributed by atoms with Crippen molar-refractivity contribution in [2.75, 3.05) is 44.6 Å². The Morgan fingerprint density at radius 2 is 2.21 bits per heavy atom. The van der Waals surface area contributed by atoms with Crippen LogP contribution in [0.4, 0.5) is 10.1 Å². The van der Waals surface area contributed by atoms with E-state index in [4.69, 9.17) is 16.9 Å². The van der Waals surface area contributed by atoms with E-state index in [1.807, 2.05) is 6.07 Å². The summed E-state index contributed by atoms with van der Waals surface area (Å²) in [7, 11) is 0. The number of hydrogen-bond acceptors (Lipinski definition) is 5. The molecule has 0 spiro atoms. The standard InChI is InChI=1S/C16H19ClFN5O/c17-14-9-13(1-2-15(14)18)22-11-12(10-19)16(24)21-5-8-23-6-3-20-4-7-23/h1-2,9,11,20,22H,3-8H2,(H,21,24)/b12-11-. The number of nitrogens with one attached hydrogen (secondary N) is 3. The van der Waals surface area contributed by atoms with Crippen LogP contribution in [0.15, 0.2) is 30.0 Å². The van der Waals surface area contributed by atoms with Crippen LogP contribution in [0.1, 0.15) is 0 Å². The number of anilines is 1. The topological polar surface area (TPSA) is 80.2 Å². The summed E-state index contributed by atoms with van der Waals surface area (Å²) in [6.07, 6.45) is 1.28. The summed E-state index contributed by atoms with van der Waals surface area (Å²) < 4.78 is 13.1. The lowest BCUT2D eigenvalue weighted by Gasteiger charge is -2.27. The van der Waals surface area contributed by atoms with Gasteiger partial charge in [-0.1, -0.05) is 11.6 Å². The molecule has 6 nitrogen and oxygen atoms in total. The molecule has 0 bridgehead atoms. The van der Waals surface area contributed by atoms with E-state index in [-0.39, 0.29) is 10.6 Å². The minimum Gasteiger partial charge on any atom is -0.360 e. The van der Waals surface area contributed by atoms with E-state index in [0.717, 1.165) is 32.7 Å². The largest absolute Gasteiger partial charge is 0.360 e. The molecule has 0 aliphatic carbocycles. The second kappa shape index (κ2) is 9.23. The van der Waals surface area contributed by atoms with Gasteiger partial charge in [-0.05, 0) is 18.2 Å². The summed E-state index contributed by atoms with van der Waals surface area (Å²) in [5.74, 6) is -0.981. The van der Waals surface area contributed by atoms with Crippen molar-refractivity contribution in [3.8, 4) is 6.07 Å². The lowest BCUT2D eigenvalue weighted by molar-refractivity contribution is -0.117. The first-order chi connectivity index (χ1) is 11.6. The normalized spacial score (nSPS) is 15.6. The van der Waals surface area contributed by atoms with Crippen LogP contribution in [0.2, 0.25) is 5.02 Å². The highest BCUT2D eigenvalue weighted by molar-refractivity contribution is 6.31. The average molecular weight is 352 g/mol. The maximum Gasteiger partial charge on any atom is 0.263 e. The molecule has 3 N–H and O–H groups in total. The van der Waals surface area contributed by atoms with Crippen LogP contribution in [0, 0.1) is 17.1 Å². The predicted octanol–water partition coefficient (Wildman–Crippen LogP) is 1.32. The van der Waals surface area contributed by atoms with Crippen LogP contribution in [-0.2, 0) is 4.79 Å². The van der Waals surface area contributed by atoms with Crippen LogP contribution in [0.25, 0.3) is 0 Å². The van der Waals surface area contributed by atoms with Gasteiger partial charge in [0.15, 0.2) is 0 Å². The Morgan fingerprint density at radius 1 is 1.46 bits per heavy atom. The molecule has 0 aromatic heterocycles. The van der Waals surface area contributed by atoms with Crippen molar-refractivity contribution >= 4 is 23.2 Å². The van der Waals surface area contributed by atoms with E-state index in [2.05, 4.69) is 20.9 Å². The van der Waals surface area contributed by atoms with Crippen molar-refractivity contribution in [1.29, 1.82) is 5.26 Å². The monoisotopic (exact) mass is 351 g/mol. The molecule has 1 aliphatic heterocycles. The van der Waals surface area contributed by atoms with Gasteiger partial charge in [0, 0.05) is 51.2 Å². The van der Waals surface area contributed by atoms with Gasteiger partial charge in [0.05, 0.1) is 5.02 Å². The van der Waals surface area contributed by atoms with Crippen LogP contribution in [-0.4, -0.2) is 50.1 Å². The van der Waals surface area contributed by atoms with Gasteiger partial charge in [0.25, 0.3) is 5.91 Å². The molecule has 1 aliphatic rings. The van der Waals surface area contributed by atoms with Crippen molar-refractivity contribution in [2.45, 2.75) is 0 Å². The third-order valence-corrected chi connectivity index (χ3v) is 3.88. The van der Waals surface area contributed by atoms with Crippen LogP contribution >= 0.6 is 11.6 Å². The molecular formula is C16H19ClFN5O. The van der Waals surface area contributed by atoms with Crippen molar-refractivity contribution in [3.63, 3.8) is 0 Å². The molecule has 1 aromatic carbocycles. The van der Waals surface area contributed by atoms with Gasteiger partial charge in [-0.15, -0.1) is 0 Å². The van der Waals surface area contributed by atoms with Crippen molar-refractivity contribution in [1.82, 2.24) is 15.5 Å². The van der Waals surface area contributed by atoms with Crippen LogP contribution < -0.4 is 16.0 Å². The number of nitriles is 1. The zero-order valence-corrected chi connectivity index (χ0v) is 13.9. The number of rotatable bonds is 6. The molecule has 1 heterocycles. The summed E-state index contributed by atoms with van der Waals surface area (Å²) >= 11 is 5.68. The fourth-order valence-electron chi connectivity index (χ4n) is 2.25. The molecular weight excluding hydrogens is 333 g/mol. The van der Waals surface area contributed by atoms with E-state index < -0.39 is 11.7 Å². The highest BCUT2D eigenvalue weighted by atomic mass is 35.5. The van der Waals surface area contributed by atoms with E-state index in [1.165, 1.54) is 24.4 Å². The van der Waals surface area contributed by atoms with E-state index in [9.17, 15) is 9.18 Å². The summed E-state index contributed by atoms with van der Waals surface area (Å²) in [4.78, 5) is 14.2. The average Bonchev–Trinajstić information content (AvgIpc) is 2.59. The zero-order valence-electron chi connectivity index (χ0n) is 13.1. The fraction of sp³-hybridized carbons (Fsp3) is 0.375. The van der Waals surface area contributed by atoms with E-state index >= 15 is 0 Å². The van der Waals surface area contributed by atoms with E-state index in [1.54, 1.807) is 0 Å². The molecule has 1 saturated heterocycles. The van der Waals surface area contributed by atoms with Gasteiger partial charge in [-0.3, -0.25) is 9.69 Å². The number of piperazine rings is 1. The molecule has 0 radical (unpaired) electrons. The van der Waals surface area contributed by atoms with Crippen molar-refractivity contribution in [3.05, 3.63) is 40.8 Å². The summed E-state index contributed by atoms with van der Waals surface area (Å²) in [6, 6.07) is 5.90. The second-order valence-corrected chi connectivity index (χ2v) is 5.70. The maximum atomic E-state index is 13.1. The van der Waals surface area contributed by atoms with Gasteiger partial charge in [0.2, 0.25) is 0 Å². The molecule has 24 heavy (non-hydrogen) atoms. The van der Waals surface area contributed by atoms with Gasteiger partial charge in [-0.2, -0.15) is 5.26 Å². The molecule has 0 atom stereocenters. The number of carbonyl (C=O) groups excluding carboxylic acids is 1. The number of carbonyl (C=O) groups is 1. The highest BCUT2D eigenvalue weighted by Crippen LogP contribution is 2.19. The molecule has 128 valence electrons. The Morgan fingerprint density at radius 3 is 2.88 bits per heavy atom. The number of nitrogens with zero attached hydrogens (tertiary/aromatic N) is 2. The Hall–Kier alpha value is -2.14. The Bertz CT molecular complexity index is 652. The highest BCUT2D eigenvalue weighted by Gasteiger charge is 2.11. The van der Waals surface area contributed by atoms with Gasteiger partial charge in [0.1, 0.15) is 17.5 Å². The van der Waals surface area contributed by atoms with E-state index in [0.29, 0.717) is 12.2 Å². The first-order valence-electron chi connectivity index (χ1n) is 7.63. The molecule has 8 heteroatoms. The first-order valence-corrected chi connectivity index (χ1v) is 8.01. The smallest absolute Gasteiger partial charge is 0.263 e. The quantitative estimate of drug-likeness (QED) is 0.532. The first kappa shape index (κ1) is 18.2. The molecule has 2 rings (SSSR count). The molecule has 1 fully saturated rings. The number of halogens is 2. The second-order valence-electron chi connectivity index (χ2n) is 5.29. The number of hydrogen-bond donors (Lipinski definition) is 3. The Balaban J connectivity index is 1.83. The summed E-state index contributed by atoms with van der Waals surface area (Å²) in [5.41, 5.74) is 0.429. The zero-order chi connectivity index (χ0) is 17.4. The Kier molecular flexibility index (Phi) is 7.00. The minimum absolute atomic E-state index is 0.0348. The van der Waals surface area contributed by atoms with Gasteiger partial charge >= 0.3 is 0 Å². The van der Waals surface area contributed by atoms with Crippen molar-refractivity contribution in [2.24, 2.45) is 0 Å². The third kappa shape index (κ3) is 5.49. The lowest BCUT2D eigenvalue weighted by atomic mass is 10.2. The molecule has 0 saturated carbocycles. The predicted molar refractivity (Wildman–Crippen MR) is 91.0 cm³/mol. The Labute approximate surface area is 145 Å². The molecule has 1 aromatic rings. The SMILES string of the molecule is N#C/C(=C/Nc1ccc(F)c(Cl)c1)C(=O)NCCN1CCNCC1. The lowest BCUT2D eigenvalue weighted by Crippen LogP contribution is -2.46. The number of amides is 1. The van der Waals surface area contributed by atoms with Crippen LogP contribution in [0.3, 0.4) is 0 Å². The number of benzene rings is 1. The maximum absolute atomic E-state index is 13.1. The van der Waals surface area contributed by atoms with Gasteiger partial charge < -0.3 is 16.0 Å². The molecule has 1 amide bonds. The minimum atomic E-state index is -0.530. The van der Waals surface area contributed by atoms with Crippen molar-refractivity contribution < 1.29 is 9.18 Å². The van der Waals surface area contributed by atoms with Crippen LogP contribution in [0.5, 0.6) is 0 Å². The van der Waals surface area contributed by atoms with Gasteiger partial charge in [-0.25, -0.2) is 4.39 Å². The molecule has 0 unspecified atom stereocenters. The third-order valence-electron chi connectivity index (χ3n) is 3.59.